The molecule has 2 aromatic rings. The Morgan fingerprint density at radius 2 is 2.16 bits per heavy atom. The van der Waals surface area contributed by atoms with Crippen LogP contribution in [0.1, 0.15) is 5.82 Å². The number of halogens is 1. The number of nitrogens with zero attached hydrogens (tertiary/aromatic N) is 3. The van der Waals surface area contributed by atoms with E-state index in [-0.39, 0.29) is 16.6 Å². The van der Waals surface area contributed by atoms with Gasteiger partial charge in [-0.15, -0.1) is 4.40 Å². The number of aromatic nitrogens is 2. The molecule has 1 aromatic heterocycles. The molecule has 0 aliphatic carbocycles. The van der Waals surface area contributed by atoms with Crippen molar-refractivity contribution in [2.45, 2.75) is 4.90 Å². The van der Waals surface area contributed by atoms with Crippen LogP contribution in [0.25, 0.3) is 0 Å². The van der Waals surface area contributed by atoms with E-state index >= 15 is 0 Å². The van der Waals surface area contributed by atoms with Crippen molar-refractivity contribution in [2.75, 3.05) is 5.01 Å². The van der Waals surface area contributed by atoms with Gasteiger partial charge >= 0.3 is 0 Å². The average Bonchev–Trinajstić information content (AvgIpc) is 2.87. The normalized spacial score (nSPS) is 16.9. The van der Waals surface area contributed by atoms with Crippen LogP contribution in [-0.4, -0.2) is 24.2 Å². The van der Waals surface area contributed by atoms with E-state index in [1.165, 1.54) is 18.3 Å². The molecular formula is C10H8ClN5O2S. The Morgan fingerprint density at radius 3 is 2.84 bits per heavy atom. The number of anilines is 1. The van der Waals surface area contributed by atoms with Gasteiger partial charge < -0.3 is 4.98 Å². The molecule has 9 heteroatoms. The third-order valence-electron chi connectivity index (χ3n) is 2.60. The highest BCUT2D eigenvalue weighted by Crippen LogP contribution is 2.32. The largest absolute Gasteiger partial charge is 0.342 e. The standard InChI is InChI=1S/C10H8ClN5O2S/c11-6-1-2-7-8(5-6)19(17,18)15-10(16(7)12)9-13-3-4-14-9/h1-5H,12H2,(H,13,14). The van der Waals surface area contributed by atoms with Gasteiger partial charge in [-0.05, 0) is 18.2 Å². The van der Waals surface area contributed by atoms with Gasteiger partial charge in [0.15, 0.2) is 5.82 Å². The summed E-state index contributed by atoms with van der Waals surface area (Å²) in [4.78, 5) is 6.68. The zero-order chi connectivity index (χ0) is 13.6. The lowest BCUT2D eigenvalue weighted by Gasteiger charge is -2.25. The number of benzene rings is 1. The molecule has 1 aliphatic rings. The van der Waals surface area contributed by atoms with E-state index in [4.69, 9.17) is 17.4 Å². The van der Waals surface area contributed by atoms with Crippen LogP contribution < -0.4 is 10.9 Å². The third kappa shape index (κ3) is 1.89. The van der Waals surface area contributed by atoms with Crippen LogP contribution in [0.5, 0.6) is 0 Å². The van der Waals surface area contributed by atoms with E-state index < -0.39 is 10.0 Å². The number of aromatic amines is 1. The second-order valence-corrected chi connectivity index (χ2v) is 5.82. The van der Waals surface area contributed by atoms with Crippen LogP contribution in [0.2, 0.25) is 5.02 Å². The Morgan fingerprint density at radius 1 is 1.37 bits per heavy atom. The number of hydrazine groups is 1. The van der Waals surface area contributed by atoms with E-state index in [9.17, 15) is 8.42 Å². The van der Waals surface area contributed by atoms with Gasteiger partial charge in [0.25, 0.3) is 10.0 Å². The molecular weight excluding hydrogens is 290 g/mol. The molecule has 0 atom stereocenters. The number of H-pyrrole nitrogens is 1. The Kier molecular flexibility index (Phi) is 2.59. The molecule has 0 saturated carbocycles. The topological polar surface area (TPSA) is 104 Å². The van der Waals surface area contributed by atoms with E-state index in [0.717, 1.165) is 5.01 Å². The van der Waals surface area contributed by atoms with Gasteiger partial charge in [0.05, 0.1) is 5.69 Å². The van der Waals surface area contributed by atoms with Crippen LogP contribution in [0, 0.1) is 0 Å². The van der Waals surface area contributed by atoms with Gasteiger partial charge in [0.1, 0.15) is 4.90 Å². The molecule has 7 nitrogen and oxygen atoms in total. The summed E-state index contributed by atoms with van der Waals surface area (Å²) in [5, 5.41) is 1.46. The molecule has 0 radical (unpaired) electrons. The zero-order valence-corrected chi connectivity index (χ0v) is 11.0. The SMILES string of the molecule is NN1C(c2ncc[nH]2)=NS(=O)(=O)c2cc(Cl)ccc21. The van der Waals surface area contributed by atoms with Crippen molar-refractivity contribution in [3.63, 3.8) is 0 Å². The summed E-state index contributed by atoms with van der Waals surface area (Å²) in [5.41, 5.74) is 0.297. The molecule has 3 N–H and O–H groups in total. The van der Waals surface area contributed by atoms with Crippen LogP contribution in [0.15, 0.2) is 39.9 Å². The van der Waals surface area contributed by atoms with Crippen LogP contribution >= 0.6 is 11.6 Å². The second-order valence-electron chi connectivity index (χ2n) is 3.81. The minimum Gasteiger partial charge on any atom is -0.342 e. The summed E-state index contributed by atoms with van der Waals surface area (Å²) >= 11 is 5.80. The fourth-order valence-corrected chi connectivity index (χ4v) is 3.20. The molecule has 0 spiro atoms. The van der Waals surface area contributed by atoms with Crippen LogP contribution in [0.4, 0.5) is 5.69 Å². The number of amidine groups is 1. The fourth-order valence-electron chi connectivity index (χ4n) is 1.76. The predicted molar refractivity (Wildman–Crippen MR) is 70.4 cm³/mol. The molecule has 0 amide bonds. The fraction of sp³-hybridized carbons (Fsp3) is 0. The lowest BCUT2D eigenvalue weighted by atomic mass is 10.3. The highest BCUT2D eigenvalue weighted by molar-refractivity contribution is 7.90. The molecule has 0 unspecified atom stereocenters. The number of fused-ring (bicyclic) bond motifs is 1. The van der Waals surface area contributed by atoms with Crippen molar-refractivity contribution >= 4 is 33.1 Å². The minimum atomic E-state index is -3.85. The maximum absolute atomic E-state index is 12.1. The maximum atomic E-state index is 12.1. The highest BCUT2D eigenvalue weighted by Gasteiger charge is 2.31. The van der Waals surface area contributed by atoms with Gasteiger partial charge in [-0.2, -0.15) is 8.42 Å². The van der Waals surface area contributed by atoms with E-state index in [1.54, 1.807) is 12.3 Å². The Hall–Kier alpha value is -1.90. The van der Waals surface area contributed by atoms with E-state index in [2.05, 4.69) is 14.4 Å². The first-order chi connectivity index (χ1) is 8.99. The van der Waals surface area contributed by atoms with Crippen LogP contribution in [-0.2, 0) is 10.0 Å². The quantitative estimate of drug-likeness (QED) is 0.761. The molecule has 0 bridgehead atoms. The number of hydrogen-bond acceptors (Lipinski definition) is 5. The van der Waals surface area contributed by atoms with E-state index in [0.29, 0.717) is 10.7 Å². The smallest absolute Gasteiger partial charge is 0.286 e. The number of imidazole rings is 1. The van der Waals surface area contributed by atoms with Crippen molar-refractivity contribution < 1.29 is 8.42 Å². The average molecular weight is 298 g/mol. The minimum absolute atomic E-state index is 0.0276. The first-order valence-electron chi connectivity index (χ1n) is 5.18. The zero-order valence-electron chi connectivity index (χ0n) is 9.41. The second kappa shape index (κ2) is 4.05. The first-order valence-corrected chi connectivity index (χ1v) is 7.00. The van der Waals surface area contributed by atoms with Crippen molar-refractivity contribution in [1.82, 2.24) is 9.97 Å². The maximum Gasteiger partial charge on any atom is 0.286 e. The molecule has 1 aromatic carbocycles. The van der Waals surface area contributed by atoms with Gasteiger partial charge in [-0.25, -0.2) is 10.8 Å². The molecule has 98 valence electrons. The van der Waals surface area contributed by atoms with Gasteiger partial charge in [-0.3, -0.25) is 5.01 Å². The monoisotopic (exact) mass is 297 g/mol. The molecule has 1 aliphatic heterocycles. The molecule has 3 rings (SSSR count). The summed E-state index contributed by atoms with van der Waals surface area (Å²) in [6, 6.07) is 4.39. The van der Waals surface area contributed by atoms with Gasteiger partial charge in [0.2, 0.25) is 5.84 Å². The molecule has 0 saturated heterocycles. The van der Waals surface area contributed by atoms with Crippen molar-refractivity contribution in [3.8, 4) is 0 Å². The number of rotatable bonds is 1. The van der Waals surface area contributed by atoms with Crippen molar-refractivity contribution in [2.24, 2.45) is 10.2 Å². The Labute approximate surface area is 113 Å². The summed E-state index contributed by atoms with van der Waals surface area (Å²) in [7, 11) is -3.85. The van der Waals surface area contributed by atoms with Gasteiger partial charge in [-0.1, -0.05) is 11.6 Å². The summed E-state index contributed by atoms with van der Waals surface area (Å²) in [5.74, 6) is 6.19. The van der Waals surface area contributed by atoms with Gasteiger partial charge in [0, 0.05) is 17.4 Å². The number of sulfonamides is 1. The lowest BCUT2D eigenvalue weighted by Crippen LogP contribution is -2.42. The molecule has 19 heavy (non-hydrogen) atoms. The van der Waals surface area contributed by atoms with Crippen molar-refractivity contribution in [1.29, 1.82) is 0 Å². The Balaban J connectivity index is 2.25. The number of nitrogens with one attached hydrogen (secondary N) is 1. The predicted octanol–water partition coefficient (Wildman–Crippen LogP) is 0.892. The highest BCUT2D eigenvalue weighted by atomic mass is 35.5. The summed E-state index contributed by atoms with van der Waals surface area (Å²) < 4.78 is 27.9. The molecule has 2 heterocycles. The first kappa shape index (κ1) is 12.2. The van der Waals surface area contributed by atoms with Crippen molar-refractivity contribution in [3.05, 3.63) is 41.4 Å². The number of hydrogen-bond donors (Lipinski definition) is 2. The van der Waals surface area contributed by atoms with E-state index in [1.807, 2.05) is 0 Å². The Bertz CT molecular complexity index is 769. The molecule has 0 fully saturated rings. The summed E-state index contributed by atoms with van der Waals surface area (Å²) in [6.45, 7) is 0. The lowest BCUT2D eigenvalue weighted by molar-refractivity contribution is 0.596. The number of nitrogens with two attached hydrogens (primary N) is 1. The van der Waals surface area contributed by atoms with Crippen LogP contribution in [0.3, 0.4) is 0 Å². The summed E-state index contributed by atoms with van der Waals surface area (Å²) in [6.07, 6.45) is 3.03. The third-order valence-corrected chi connectivity index (χ3v) is 4.14.